The number of rotatable bonds is 6. The molecular weight excluding hydrogens is 386 g/mol. The van der Waals surface area contributed by atoms with Crippen molar-refractivity contribution in [2.24, 2.45) is 0 Å². The SMILES string of the molecule is O=C(O)c1ccc(C(=O)/C=C/c2cn(-c3ccccc3)nc2-c2cccnc2)s1. The first kappa shape index (κ1) is 18.5. The third kappa shape index (κ3) is 4.04. The van der Waals surface area contributed by atoms with Gasteiger partial charge in [-0.1, -0.05) is 18.2 Å². The maximum atomic E-state index is 12.5. The standard InChI is InChI=1S/C22H15N3O3S/c26-18(19-10-11-20(29-19)22(27)28)9-8-16-14-25(17-6-2-1-3-7-17)24-21(16)15-5-4-12-23-13-15/h1-14H,(H,27,28)/b9-8+. The number of nitrogens with zero attached hydrogens (tertiary/aromatic N) is 3. The molecule has 1 N–H and O–H groups in total. The molecule has 0 aliphatic heterocycles. The summed E-state index contributed by atoms with van der Waals surface area (Å²) in [5, 5.41) is 13.7. The average Bonchev–Trinajstić information content (AvgIpc) is 3.41. The first-order chi connectivity index (χ1) is 14.1. The van der Waals surface area contributed by atoms with Gasteiger partial charge in [0.15, 0.2) is 5.78 Å². The van der Waals surface area contributed by atoms with E-state index >= 15 is 0 Å². The van der Waals surface area contributed by atoms with Crippen molar-refractivity contribution in [3.05, 3.63) is 94.6 Å². The topological polar surface area (TPSA) is 85.1 Å². The monoisotopic (exact) mass is 401 g/mol. The van der Waals surface area contributed by atoms with Crippen LogP contribution in [0.3, 0.4) is 0 Å². The van der Waals surface area contributed by atoms with Gasteiger partial charge in [-0.05, 0) is 48.6 Å². The second-order valence-electron chi connectivity index (χ2n) is 6.12. The Kier molecular flexibility index (Phi) is 5.13. The van der Waals surface area contributed by atoms with Crippen molar-refractivity contribution in [1.82, 2.24) is 14.8 Å². The molecule has 0 unspecified atom stereocenters. The van der Waals surface area contributed by atoms with Crippen LogP contribution in [-0.2, 0) is 0 Å². The van der Waals surface area contributed by atoms with Crippen molar-refractivity contribution in [2.45, 2.75) is 0 Å². The third-order valence-corrected chi connectivity index (χ3v) is 5.26. The minimum atomic E-state index is -1.04. The first-order valence-corrected chi connectivity index (χ1v) is 9.54. The van der Waals surface area contributed by atoms with Gasteiger partial charge in [-0.15, -0.1) is 11.3 Å². The number of ketones is 1. The van der Waals surface area contributed by atoms with E-state index in [9.17, 15) is 9.59 Å². The van der Waals surface area contributed by atoms with Crippen molar-refractivity contribution in [2.75, 3.05) is 0 Å². The second-order valence-corrected chi connectivity index (χ2v) is 7.21. The van der Waals surface area contributed by atoms with E-state index in [1.54, 1.807) is 23.2 Å². The molecule has 1 aromatic carbocycles. The van der Waals surface area contributed by atoms with Crippen LogP contribution in [0, 0.1) is 0 Å². The number of benzene rings is 1. The van der Waals surface area contributed by atoms with Crippen LogP contribution in [0.2, 0.25) is 0 Å². The predicted octanol–water partition coefficient (Wildman–Crippen LogP) is 4.59. The van der Waals surface area contributed by atoms with E-state index in [0.717, 1.165) is 28.2 Å². The van der Waals surface area contributed by atoms with Crippen LogP contribution in [0.1, 0.15) is 24.9 Å². The zero-order valence-corrected chi connectivity index (χ0v) is 15.9. The summed E-state index contributed by atoms with van der Waals surface area (Å²) in [6.07, 6.45) is 8.38. The summed E-state index contributed by atoms with van der Waals surface area (Å²) in [5.41, 5.74) is 3.18. The summed E-state index contributed by atoms with van der Waals surface area (Å²) in [7, 11) is 0. The Hall–Kier alpha value is -3.84. The smallest absolute Gasteiger partial charge is 0.345 e. The largest absolute Gasteiger partial charge is 0.477 e. The van der Waals surface area contributed by atoms with Crippen LogP contribution in [0.25, 0.3) is 23.0 Å². The molecule has 29 heavy (non-hydrogen) atoms. The van der Waals surface area contributed by atoms with Crippen molar-refractivity contribution in [3.8, 4) is 16.9 Å². The number of allylic oxidation sites excluding steroid dienone is 1. The zero-order valence-electron chi connectivity index (χ0n) is 15.1. The maximum absolute atomic E-state index is 12.5. The van der Waals surface area contributed by atoms with E-state index in [4.69, 9.17) is 5.11 Å². The van der Waals surface area contributed by atoms with Gasteiger partial charge < -0.3 is 5.11 Å². The Morgan fingerprint density at radius 2 is 1.79 bits per heavy atom. The van der Waals surface area contributed by atoms with Gasteiger partial charge in [0.05, 0.1) is 10.6 Å². The van der Waals surface area contributed by atoms with Gasteiger partial charge in [0, 0.05) is 29.7 Å². The van der Waals surface area contributed by atoms with Gasteiger partial charge in [0.1, 0.15) is 10.6 Å². The lowest BCUT2D eigenvalue weighted by Gasteiger charge is -1.99. The average molecular weight is 401 g/mol. The second kappa shape index (κ2) is 8.04. The number of para-hydroxylation sites is 1. The number of aromatic carboxylic acids is 1. The van der Waals surface area contributed by atoms with Gasteiger partial charge in [0.2, 0.25) is 0 Å². The van der Waals surface area contributed by atoms with Gasteiger partial charge in [-0.25, -0.2) is 9.48 Å². The van der Waals surface area contributed by atoms with Crippen LogP contribution < -0.4 is 0 Å². The highest BCUT2D eigenvalue weighted by Crippen LogP contribution is 2.25. The van der Waals surface area contributed by atoms with Crippen LogP contribution in [-0.4, -0.2) is 31.6 Å². The molecule has 0 spiro atoms. The van der Waals surface area contributed by atoms with Crippen molar-refractivity contribution < 1.29 is 14.7 Å². The van der Waals surface area contributed by atoms with Gasteiger partial charge in [-0.3, -0.25) is 9.78 Å². The van der Waals surface area contributed by atoms with Crippen LogP contribution >= 0.6 is 11.3 Å². The quantitative estimate of drug-likeness (QED) is 0.377. The molecule has 0 saturated heterocycles. The molecule has 7 heteroatoms. The van der Waals surface area contributed by atoms with Crippen LogP contribution in [0.5, 0.6) is 0 Å². The number of carboxylic acid groups (broad SMARTS) is 1. The molecule has 4 aromatic rings. The summed E-state index contributed by atoms with van der Waals surface area (Å²) < 4.78 is 1.75. The normalized spacial score (nSPS) is 11.0. The molecule has 3 aromatic heterocycles. The highest BCUT2D eigenvalue weighted by Gasteiger charge is 2.13. The lowest BCUT2D eigenvalue weighted by molar-refractivity contribution is 0.0702. The molecule has 0 aliphatic rings. The van der Waals surface area contributed by atoms with Gasteiger partial charge >= 0.3 is 5.97 Å². The molecule has 142 valence electrons. The highest BCUT2D eigenvalue weighted by atomic mass is 32.1. The van der Waals surface area contributed by atoms with Crippen LogP contribution in [0.15, 0.2) is 79.3 Å². The molecule has 3 heterocycles. The van der Waals surface area contributed by atoms with E-state index in [1.807, 2.05) is 48.7 Å². The van der Waals surface area contributed by atoms with Crippen LogP contribution in [0.4, 0.5) is 0 Å². The Balaban J connectivity index is 1.69. The molecule has 6 nitrogen and oxygen atoms in total. The molecule has 0 amide bonds. The van der Waals surface area contributed by atoms with E-state index in [-0.39, 0.29) is 10.7 Å². The molecule has 0 radical (unpaired) electrons. The molecule has 0 fully saturated rings. The van der Waals surface area contributed by atoms with Crippen molar-refractivity contribution in [3.63, 3.8) is 0 Å². The summed E-state index contributed by atoms with van der Waals surface area (Å²) in [4.78, 5) is 28.1. The molecule has 0 atom stereocenters. The number of carboxylic acids is 1. The number of hydrogen-bond acceptors (Lipinski definition) is 5. The summed E-state index contributed by atoms with van der Waals surface area (Å²) >= 11 is 0.956. The molecule has 4 rings (SSSR count). The number of aromatic nitrogens is 3. The van der Waals surface area contributed by atoms with Crippen molar-refractivity contribution in [1.29, 1.82) is 0 Å². The molecular formula is C22H15N3O3S. The molecule has 0 bridgehead atoms. The van der Waals surface area contributed by atoms with E-state index < -0.39 is 5.97 Å². The Morgan fingerprint density at radius 3 is 2.48 bits per heavy atom. The fraction of sp³-hybridized carbons (Fsp3) is 0. The van der Waals surface area contributed by atoms with E-state index in [0.29, 0.717) is 10.6 Å². The Bertz CT molecular complexity index is 1190. The number of carbonyl (C=O) groups excluding carboxylic acids is 1. The van der Waals surface area contributed by atoms with Gasteiger partial charge in [-0.2, -0.15) is 5.10 Å². The number of pyridine rings is 1. The number of hydrogen-bond donors (Lipinski definition) is 1. The lowest BCUT2D eigenvalue weighted by Crippen LogP contribution is -1.94. The lowest BCUT2D eigenvalue weighted by atomic mass is 10.1. The Labute approximate surface area is 170 Å². The molecule has 0 saturated carbocycles. The fourth-order valence-electron chi connectivity index (χ4n) is 2.78. The van der Waals surface area contributed by atoms with E-state index in [2.05, 4.69) is 10.1 Å². The fourth-order valence-corrected chi connectivity index (χ4v) is 3.55. The minimum absolute atomic E-state index is 0.134. The zero-order chi connectivity index (χ0) is 20.2. The van der Waals surface area contributed by atoms with E-state index in [1.165, 1.54) is 18.2 Å². The summed E-state index contributed by atoms with van der Waals surface area (Å²) in [6, 6.07) is 16.4. The number of carbonyl (C=O) groups is 2. The Morgan fingerprint density at radius 1 is 1.00 bits per heavy atom. The summed E-state index contributed by atoms with van der Waals surface area (Å²) in [5.74, 6) is -1.30. The van der Waals surface area contributed by atoms with Gasteiger partial charge in [0.25, 0.3) is 0 Å². The predicted molar refractivity (Wildman–Crippen MR) is 111 cm³/mol. The molecule has 0 aliphatic carbocycles. The third-order valence-electron chi connectivity index (χ3n) is 4.17. The van der Waals surface area contributed by atoms with Crippen molar-refractivity contribution >= 4 is 29.2 Å². The minimum Gasteiger partial charge on any atom is -0.477 e. The maximum Gasteiger partial charge on any atom is 0.345 e. The first-order valence-electron chi connectivity index (χ1n) is 8.73. The highest BCUT2D eigenvalue weighted by molar-refractivity contribution is 7.16. The summed E-state index contributed by atoms with van der Waals surface area (Å²) in [6.45, 7) is 0. The number of thiophene rings is 1.